The van der Waals surface area contributed by atoms with E-state index < -0.39 is 0 Å². The Labute approximate surface area is 129 Å². The van der Waals surface area contributed by atoms with E-state index in [9.17, 15) is 4.39 Å². The molecule has 1 N–H and O–H groups in total. The number of aryl methyl sites for hydroxylation is 1. The molecular weight excluding hydrogens is 291 g/mol. The molecule has 1 aromatic heterocycles. The van der Waals surface area contributed by atoms with Gasteiger partial charge in [0.05, 0.1) is 5.02 Å². The van der Waals surface area contributed by atoms with Crippen LogP contribution in [0, 0.1) is 12.7 Å². The number of halogens is 2. The highest BCUT2D eigenvalue weighted by Gasteiger charge is 2.07. The molecule has 0 unspecified atom stereocenters. The van der Waals surface area contributed by atoms with Crippen LogP contribution in [-0.4, -0.2) is 11.5 Å². The fourth-order valence-corrected chi connectivity index (χ4v) is 1.98. The molecule has 1 heterocycles. The lowest BCUT2D eigenvalue weighted by atomic mass is 10.2. The Bertz CT molecular complexity index is 619. The number of benzene rings is 1. The summed E-state index contributed by atoms with van der Waals surface area (Å²) in [6, 6.07) is 6.50. The first kappa shape index (κ1) is 15.7. The van der Waals surface area contributed by atoms with Gasteiger partial charge in [-0.1, -0.05) is 24.6 Å². The largest absolute Gasteiger partial charge is 0.439 e. The summed E-state index contributed by atoms with van der Waals surface area (Å²) in [6.07, 6.45) is 2.60. The number of hydrogen-bond donors (Lipinski definition) is 1. The third kappa shape index (κ3) is 4.41. The SMILES string of the molecule is CCCNCc1cc(Oc2ccc(C)c(F)c2)ncc1Cl. The van der Waals surface area contributed by atoms with Crippen molar-refractivity contribution in [1.29, 1.82) is 0 Å². The van der Waals surface area contributed by atoms with Gasteiger partial charge in [0.25, 0.3) is 0 Å². The Hall–Kier alpha value is -1.65. The van der Waals surface area contributed by atoms with Crippen molar-refractivity contribution < 1.29 is 9.13 Å². The van der Waals surface area contributed by atoms with Crippen LogP contribution in [-0.2, 0) is 6.54 Å². The fraction of sp³-hybridized carbons (Fsp3) is 0.312. The van der Waals surface area contributed by atoms with Gasteiger partial charge >= 0.3 is 0 Å². The minimum atomic E-state index is -0.300. The van der Waals surface area contributed by atoms with Crippen LogP contribution in [0.15, 0.2) is 30.5 Å². The van der Waals surface area contributed by atoms with Gasteiger partial charge in [-0.25, -0.2) is 9.37 Å². The standard InChI is InChI=1S/C16H18ClFN2O/c1-3-6-19-9-12-7-16(20-10-14(12)17)21-13-5-4-11(2)15(18)8-13/h4-5,7-8,10,19H,3,6,9H2,1-2H3. The van der Waals surface area contributed by atoms with Crippen molar-refractivity contribution in [3.63, 3.8) is 0 Å². The molecule has 0 atom stereocenters. The molecule has 2 rings (SSSR count). The minimum Gasteiger partial charge on any atom is -0.439 e. The first-order chi connectivity index (χ1) is 10.1. The zero-order valence-electron chi connectivity index (χ0n) is 12.1. The average molecular weight is 309 g/mol. The molecule has 0 saturated carbocycles. The Balaban J connectivity index is 2.12. The van der Waals surface area contributed by atoms with Gasteiger partial charge in [0.2, 0.25) is 5.88 Å². The van der Waals surface area contributed by atoms with Crippen molar-refractivity contribution in [3.8, 4) is 11.6 Å². The lowest BCUT2D eigenvalue weighted by Crippen LogP contribution is -2.14. The second-order valence-electron chi connectivity index (χ2n) is 4.80. The third-order valence-electron chi connectivity index (χ3n) is 3.02. The molecule has 0 fully saturated rings. The molecule has 0 aliphatic heterocycles. The van der Waals surface area contributed by atoms with E-state index in [1.807, 2.05) is 0 Å². The summed E-state index contributed by atoms with van der Waals surface area (Å²) in [5.74, 6) is 0.516. The Morgan fingerprint density at radius 2 is 2.14 bits per heavy atom. The molecule has 112 valence electrons. The summed E-state index contributed by atoms with van der Waals surface area (Å²) in [6.45, 7) is 5.37. The van der Waals surface area contributed by atoms with E-state index in [4.69, 9.17) is 16.3 Å². The second-order valence-corrected chi connectivity index (χ2v) is 5.21. The number of hydrogen-bond acceptors (Lipinski definition) is 3. The van der Waals surface area contributed by atoms with E-state index >= 15 is 0 Å². The smallest absolute Gasteiger partial charge is 0.219 e. The van der Waals surface area contributed by atoms with E-state index in [1.54, 1.807) is 31.3 Å². The van der Waals surface area contributed by atoms with Gasteiger partial charge in [-0.15, -0.1) is 0 Å². The van der Waals surface area contributed by atoms with Gasteiger partial charge in [0, 0.05) is 24.9 Å². The van der Waals surface area contributed by atoms with E-state index in [0.29, 0.717) is 28.8 Å². The number of pyridine rings is 1. The molecule has 0 radical (unpaired) electrons. The van der Waals surface area contributed by atoms with Crippen molar-refractivity contribution in [2.24, 2.45) is 0 Å². The fourth-order valence-electron chi connectivity index (χ4n) is 1.81. The van der Waals surface area contributed by atoms with Gasteiger partial charge in [0.1, 0.15) is 11.6 Å². The summed E-state index contributed by atoms with van der Waals surface area (Å²) < 4.78 is 19.1. The number of nitrogens with one attached hydrogen (secondary N) is 1. The van der Waals surface area contributed by atoms with Gasteiger partial charge in [-0.3, -0.25) is 0 Å². The Kier molecular flexibility index (Phi) is 5.53. The summed E-state index contributed by atoms with van der Waals surface area (Å²) in [7, 11) is 0. The van der Waals surface area contributed by atoms with E-state index in [-0.39, 0.29) is 5.82 Å². The van der Waals surface area contributed by atoms with Crippen LogP contribution < -0.4 is 10.1 Å². The number of rotatable bonds is 6. The molecule has 1 aromatic carbocycles. The van der Waals surface area contributed by atoms with Gasteiger partial charge in [-0.05, 0) is 37.1 Å². The monoisotopic (exact) mass is 308 g/mol. The zero-order valence-corrected chi connectivity index (χ0v) is 12.9. The molecule has 2 aromatic rings. The van der Waals surface area contributed by atoms with Crippen LogP contribution >= 0.6 is 11.6 Å². The lowest BCUT2D eigenvalue weighted by molar-refractivity contribution is 0.456. The molecular formula is C16H18ClFN2O. The summed E-state index contributed by atoms with van der Waals surface area (Å²) in [5.41, 5.74) is 1.48. The van der Waals surface area contributed by atoms with E-state index in [0.717, 1.165) is 18.5 Å². The maximum Gasteiger partial charge on any atom is 0.219 e. The van der Waals surface area contributed by atoms with Crippen LogP contribution in [0.5, 0.6) is 11.6 Å². The third-order valence-corrected chi connectivity index (χ3v) is 3.36. The van der Waals surface area contributed by atoms with Crippen LogP contribution in [0.3, 0.4) is 0 Å². The van der Waals surface area contributed by atoms with E-state index in [2.05, 4.69) is 17.2 Å². The van der Waals surface area contributed by atoms with Crippen LogP contribution in [0.25, 0.3) is 0 Å². The normalized spacial score (nSPS) is 10.7. The maximum absolute atomic E-state index is 13.5. The quantitative estimate of drug-likeness (QED) is 0.799. The summed E-state index contributed by atoms with van der Waals surface area (Å²) >= 11 is 6.11. The highest BCUT2D eigenvalue weighted by molar-refractivity contribution is 6.31. The highest BCUT2D eigenvalue weighted by atomic mass is 35.5. The summed E-state index contributed by atoms with van der Waals surface area (Å²) in [4.78, 5) is 4.11. The minimum absolute atomic E-state index is 0.300. The topological polar surface area (TPSA) is 34.1 Å². The van der Waals surface area contributed by atoms with Crippen molar-refractivity contribution in [2.75, 3.05) is 6.54 Å². The first-order valence-electron chi connectivity index (χ1n) is 6.89. The zero-order chi connectivity index (χ0) is 15.2. The Morgan fingerprint density at radius 3 is 2.86 bits per heavy atom. The van der Waals surface area contributed by atoms with E-state index in [1.165, 1.54) is 6.07 Å². The predicted molar refractivity (Wildman–Crippen MR) is 82.5 cm³/mol. The average Bonchev–Trinajstić information content (AvgIpc) is 2.46. The van der Waals surface area contributed by atoms with Crippen LogP contribution in [0.1, 0.15) is 24.5 Å². The van der Waals surface area contributed by atoms with Crippen molar-refractivity contribution in [3.05, 3.63) is 52.4 Å². The number of nitrogens with zero attached hydrogens (tertiary/aromatic N) is 1. The maximum atomic E-state index is 13.5. The van der Waals surface area contributed by atoms with Crippen molar-refractivity contribution >= 4 is 11.6 Å². The molecule has 3 nitrogen and oxygen atoms in total. The molecule has 0 spiro atoms. The number of ether oxygens (including phenoxy) is 1. The lowest BCUT2D eigenvalue weighted by Gasteiger charge is -2.09. The molecule has 5 heteroatoms. The molecule has 0 bridgehead atoms. The second kappa shape index (κ2) is 7.38. The van der Waals surface area contributed by atoms with Gasteiger partial charge < -0.3 is 10.1 Å². The van der Waals surface area contributed by atoms with Crippen molar-refractivity contribution in [1.82, 2.24) is 10.3 Å². The summed E-state index contributed by atoms with van der Waals surface area (Å²) in [5, 5.41) is 3.86. The molecule has 0 aliphatic carbocycles. The highest BCUT2D eigenvalue weighted by Crippen LogP contribution is 2.25. The molecule has 0 amide bonds. The van der Waals surface area contributed by atoms with Gasteiger partial charge in [0.15, 0.2) is 0 Å². The number of aromatic nitrogens is 1. The predicted octanol–water partition coefficient (Wildman–Crippen LogP) is 4.47. The Morgan fingerprint density at radius 1 is 1.33 bits per heavy atom. The molecule has 0 saturated heterocycles. The molecule has 0 aliphatic rings. The van der Waals surface area contributed by atoms with Crippen molar-refractivity contribution in [2.45, 2.75) is 26.8 Å². The van der Waals surface area contributed by atoms with Gasteiger partial charge in [-0.2, -0.15) is 0 Å². The van der Waals surface area contributed by atoms with Crippen LogP contribution in [0.2, 0.25) is 5.02 Å². The first-order valence-corrected chi connectivity index (χ1v) is 7.27. The molecule has 21 heavy (non-hydrogen) atoms. The van der Waals surface area contributed by atoms with Crippen LogP contribution in [0.4, 0.5) is 4.39 Å².